The molecule has 6 fully saturated rings. The molecule has 5 aliphatic carbocycles. The molecule has 5 saturated carbocycles. The number of hydrogen-bond donors (Lipinski definition) is 1. The molecule has 0 amide bonds. The molecular formula is C23H28O10S. The zero-order chi connectivity index (χ0) is 23.9. The molecular weight excluding hydrogens is 468 g/mol. The summed E-state index contributed by atoms with van der Waals surface area (Å²) in [4.78, 5) is 51.4. The predicted octanol–water partition coefficient (Wildman–Crippen LogP) is 0.778. The van der Waals surface area contributed by atoms with E-state index in [2.05, 4.69) is 0 Å². The normalized spacial score (nSPS) is 45.9. The number of Topliss-reactive ketones (excluding diaryl/α,β-unsaturated/α-hetero) is 1. The molecule has 11 heteroatoms. The molecule has 0 radical (unpaired) electrons. The van der Waals surface area contributed by atoms with Crippen molar-refractivity contribution in [3.63, 3.8) is 0 Å². The molecule has 6 aliphatic rings. The van der Waals surface area contributed by atoms with Gasteiger partial charge in [-0.3, -0.25) is 23.7 Å². The smallest absolute Gasteiger partial charge is 0.310 e. The van der Waals surface area contributed by atoms with E-state index in [-0.39, 0.29) is 35.6 Å². The zero-order valence-electron chi connectivity index (χ0n) is 18.5. The number of hydrogen-bond acceptors (Lipinski definition) is 9. The van der Waals surface area contributed by atoms with E-state index in [1.165, 1.54) is 0 Å². The maximum Gasteiger partial charge on any atom is 0.310 e. The molecule has 11 unspecified atom stereocenters. The number of rotatable bonds is 6. The van der Waals surface area contributed by atoms with Crippen molar-refractivity contribution in [2.45, 2.75) is 50.7 Å². The third-order valence-electron chi connectivity index (χ3n) is 9.41. The van der Waals surface area contributed by atoms with Gasteiger partial charge >= 0.3 is 17.9 Å². The lowest BCUT2D eigenvalue weighted by Crippen LogP contribution is -2.52. The Morgan fingerprint density at radius 2 is 1.79 bits per heavy atom. The van der Waals surface area contributed by atoms with Gasteiger partial charge in [0.15, 0.2) is 0 Å². The third kappa shape index (κ3) is 3.41. The van der Waals surface area contributed by atoms with E-state index in [0.717, 1.165) is 25.7 Å². The molecule has 5 bridgehead atoms. The van der Waals surface area contributed by atoms with Crippen LogP contribution in [0.25, 0.3) is 0 Å². The first-order valence-corrected chi connectivity index (χ1v) is 13.8. The number of carbonyl (C=O) groups excluding carboxylic acids is 4. The molecule has 34 heavy (non-hydrogen) atoms. The molecule has 0 aromatic carbocycles. The van der Waals surface area contributed by atoms with Gasteiger partial charge in [-0.15, -0.1) is 0 Å². The Bertz CT molecular complexity index is 1050. The van der Waals surface area contributed by atoms with Crippen LogP contribution in [0.4, 0.5) is 0 Å². The summed E-state index contributed by atoms with van der Waals surface area (Å²) in [5.74, 6) is -4.29. The predicted molar refractivity (Wildman–Crippen MR) is 111 cm³/mol. The molecule has 10 nitrogen and oxygen atoms in total. The second-order valence-corrected chi connectivity index (χ2v) is 12.6. The van der Waals surface area contributed by atoms with Crippen molar-refractivity contribution >= 4 is 33.8 Å². The van der Waals surface area contributed by atoms with Crippen LogP contribution in [0.1, 0.15) is 38.5 Å². The molecule has 6 rings (SSSR count). The molecule has 1 N–H and O–H groups in total. The molecule has 1 aliphatic heterocycles. The van der Waals surface area contributed by atoms with Crippen molar-refractivity contribution in [1.29, 1.82) is 0 Å². The average Bonchev–Trinajstić information content (AvgIpc) is 3.36. The lowest BCUT2D eigenvalue weighted by Gasteiger charge is -2.50. The number of ketones is 1. The highest BCUT2D eigenvalue weighted by Gasteiger charge is 2.70. The molecule has 0 spiro atoms. The number of fused-ring (bicyclic) bond motifs is 3. The van der Waals surface area contributed by atoms with Gasteiger partial charge in [0.2, 0.25) is 0 Å². The van der Waals surface area contributed by atoms with Crippen molar-refractivity contribution in [2.75, 3.05) is 12.4 Å². The summed E-state index contributed by atoms with van der Waals surface area (Å²) < 4.78 is 47.3. The Hall–Kier alpha value is -2.01. The van der Waals surface area contributed by atoms with Crippen LogP contribution in [0.3, 0.4) is 0 Å². The fourth-order valence-electron chi connectivity index (χ4n) is 8.12. The summed E-state index contributed by atoms with van der Waals surface area (Å²) in [7, 11) is -4.29. The van der Waals surface area contributed by atoms with E-state index < -0.39 is 64.4 Å². The van der Waals surface area contributed by atoms with E-state index in [9.17, 15) is 27.6 Å². The van der Waals surface area contributed by atoms with E-state index in [4.69, 9.17) is 18.8 Å². The van der Waals surface area contributed by atoms with Crippen LogP contribution in [-0.4, -0.2) is 61.2 Å². The highest BCUT2D eigenvalue weighted by atomic mass is 32.2. The summed E-state index contributed by atoms with van der Waals surface area (Å²) in [6.07, 6.45) is 3.22. The van der Waals surface area contributed by atoms with Crippen molar-refractivity contribution in [2.24, 2.45) is 53.3 Å². The van der Waals surface area contributed by atoms with Crippen LogP contribution < -0.4 is 0 Å². The van der Waals surface area contributed by atoms with Crippen LogP contribution in [0.2, 0.25) is 0 Å². The minimum absolute atomic E-state index is 0.00791. The highest BCUT2D eigenvalue weighted by molar-refractivity contribution is 7.85. The Morgan fingerprint density at radius 3 is 2.56 bits per heavy atom. The van der Waals surface area contributed by atoms with Crippen LogP contribution in [0, 0.1) is 53.3 Å². The Morgan fingerprint density at radius 1 is 1.00 bits per heavy atom. The molecule has 0 aromatic rings. The topological polar surface area (TPSA) is 150 Å². The van der Waals surface area contributed by atoms with E-state index in [0.29, 0.717) is 24.5 Å². The first-order chi connectivity index (χ1) is 16.1. The van der Waals surface area contributed by atoms with E-state index in [1.54, 1.807) is 0 Å². The van der Waals surface area contributed by atoms with Gasteiger partial charge in [0.1, 0.15) is 30.4 Å². The van der Waals surface area contributed by atoms with Gasteiger partial charge in [0.25, 0.3) is 10.1 Å². The lowest BCUT2D eigenvalue weighted by atomic mass is 9.53. The minimum Gasteiger partial charge on any atom is -0.464 e. The number of esters is 3. The van der Waals surface area contributed by atoms with Gasteiger partial charge in [-0.1, -0.05) is 6.42 Å². The number of ether oxygens (including phenoxy) is 3. The average molecular weight is 497 g/mol. The molecule has 186 valence electrons. The summed E-state index contributed by atoms with van der Waals surface area (Å²) in [6.45, 7) is -0.525. The van der Waals surface area contributed by atoms with Crippen molar-refractivity contribution in [3.05, 3.63) is 0 Å². The maximum absolute atomic E-state index is 13.4. The number of carbonyl (C=O) groups is 4. The Labute approximate surface area is 196 Å². The Balaban J connectivity index is 1.17. The van der Waals surface area contributed by atoms with Gasteiger partial charge < -0.3 is 14.2 Å². The van der Waals surface area contributed by atoms with E-state index >= 15 is 0 Å². The largest absolute Gasteiger partial charge is 0.464 e. The van der Waals surface area contributed by atoms with Crippen molar-refractivity contribution in [1.82, 2.24) is 0 Å². The zero-order valence-corrected chi connectivity index (χ0v) is 19.4. The maximum atomic E-state index is 13.4. The fraction of sp³-hybridized carbons (Fsp3) is 0.826. The van der Waals surface area contributed by atoms with Crippen LogP contribution in [0.15, 0.2) is 0 Å². The van der Waals surface area contributed by atoms with E-state index in [1.807, 2.05) is 0 Å². The minimum atomic E-state index is -4.29. The summed E-state index contributed by atoms with van der Waals surface area (Å²) >= 11 is 0. The van der Waals surface area contributed by atoms with Crippen molar-refractivity contribution < 1.29 is 46.4 Å². The fourth-order valence-corrected chi connectivity index (χ4v) is 8.42. The standard InChI is InChI=1S/C23H28O10S/c24-18-10-5-9-1-2-11(12(18)6-9)13(7-10)21(25)32-19-14-8-15-17(23(27)33-20(15)19)16(14)22(26)31-3-4-34(28,29)30/h9-17,19-20H,1-8H2,(H,28,29,30). The van der Waals surface area contributed by atoms with Crippen LogP contribution in [-0.2, 0) is 43.5 Å². The second-order valence-electron chi connectivity index (χ2n) is 11.0. The van der Waals surface area contributed by atoms with Gasteiger partial charge in [0, 0.05) is 23.7 Å². The SMILES string of the molecule is O=C(OC1C2CC3C1OC(=O)C3C2C(=O)OCCS(=O)(=O)O)C1CC2CC3CCC1C(C3)C2=O. The Kier molecular flexibility index (Phi) is 5.11. The van der Waals surface area contributed by atoms with Crippen LogP contribution >= 0.6 is 0 Å². The van der Waals surface area contributed by atoms with Gasteiger partial charge in [-0.25, -0.2) is 0 Å². The molecule has 1 heterocycles. The van der Waals surface area contributed by atoms with Gasteiger partial charge in [-0.2, -0.15) is 8.42 Å². The molecule has 0 aromatic heterocycles. The summed E-state index contributed by atoms with van der Waals surface area (Å²) in [5, 5.41) is 0. The first-order valence-electron chi connectivity index (χ1n) is 12.2. The molecule has 11 atom stereocenters. The quantitative estimate of drug-likeness (QED) is 0.317. The monoisotopic (exact) mass is 496 g/mol. The van der Waals surface area contributed by atoms with Gasteiger partial charge in [0.05, 0.1) is 17.8 Å². The van der Waals surface area contributed by atoms with Crippen LogP contribution in [0.5, 0.6) is 0 Å². The van der Waals surface area contributed by atoms with Gasteiger partial charge in [-0.05, 0) is 43.9 Å². The molecule has 1 saturated heterocycles. The van der Waals surface area contributed by atoms with Crippen molar-refractivity contribution in [3.8, 4) is 0 Å². The summed E-state index contributed by atoms with van der Waals surface area (Å²) in [5.41, 5.74) is 0. The lowest BCUT2D eigenvalue weighted by molar-refractivity contribution is -0.177. The third-order valence-corrected chi connectivity index (χ3v) is 10.1. The summed E-state index contributed by atoms with van der Waals surface area (Å²) in [6, 6.07) is 0. The first kappa shape index (κ1) is 22.5. The highest BCUT2D eigenvalue weighted by Crippen LogP contribution is 2.59. The second kappa shape index (κ2) is 7.74.